The van der Waals surface area contributed by atoms with Crippen molar-refractivity contribution in [1.29, 1.82) is 0 Å². The molecule has 0 aliphatic heterocycles. The fourth-order valence-corrected chi connectivity index (χ4v) is 1.25. The molecular formula is C12H16N2O4. The number of amides is 2. The lowest BCUT2D eigenvalue weighted by Crippen LogP contribution is -2.21. The number of nitrogens with one attached hydrogen (secondary N) is 1. The predicted octanol–water partition coefficient (Wildman–Crippen LogP) is 0.929. The van der Waals surface area contributed by atoms with Gasteiger partial charge in [0.15, 0.2) is 0 Å². The summed E-state index contributed by atoms with van der Waals surface area (Å²) >= 11 is 0. The molecule has 0 saturated heterocycles. The zero-order chi connectivity index (χ0) is 13.5. The molecule has 0 unspecified atom stereocenters. The highest BCUT2D eigenvalue weighted by Crippen LogP contribution is 2.11. The summed E-state index contributed by atoms with van der Waals surface area (Å²) in [5.41, 5.74) is 1.06. The lowest BCUT2D eigenvalue weighted by atomic mass is 10.2. The van der Waals surface area contributed by atoms with E-state index in [-0.39, 0.29) is 19.1 Å². The minimum Gasteiger partial charge on any atom is -0.447 e. The van der Waals surface area contributed by atoms with Gasteiger partial charge >= 0.3 is 6.09 Å². The molecule has 98 valence electrons. The summed E-state index contributed by atoms with van der Waals surface area (Å²) < 4.78 is 4.64. The molecule has 0 radical (unpaired) electrons. The first-order valence-corrected chi connectivity index (χ1v) is 5.41. The van der Waals surface area contributed by atoms with Crippen LogP contribution in [0.25, 0.3) is 0 Å². The van der Waals surface area contributed by atoms with Crippen LogP contribution in [0.5, 0.6) is 0 Å². The Balaban J connectivity index is 2.60. The number of hydrogen-bond donors (Lipinski definition) is 2. The molecule has 6 heteroatoms. The van der Waals surface area contributed by atoms with Crippen LogP contribution in [0, 0.1) is 0 Å². The van der Waals surface area contributed by atoms with E-state index in [1.54, 1.807) is 38.4 Å². The monoisotopic (exact) mass is 252 g/mol. The summed E-state index contributed by atoms with van der Waals surface area (Å²) in [4.78, 5) is 24.3. The van der Waals surface area contributed by atoms with Gasteiger partial charge in [0.2, 0.25) is 0 Å². The lowest BCUT2D eigenvalue weighted by molar-refractivity contribution is 0.0827. The van der Waals surface area contributed by atoms with Gasteiger partial charge < -0.3 is 14.7 Å². The van der Waals surface area contributed by atoms with E-state index in [4.69, 9.17) is 5.11 Å². The average Bonchev–Trinajstić information content (AvgIpc) is 2.36. The number of hydrogen-bond acceptors (Lipinski definition) is 4. The van der Waals surface area contributed by atoms with Gasteiger partial charge in [0.25, 0.3) is 5.91 Å². The Hall–Kier alpha value is -2.08. The maximum Gasteiger partial charge on any atom is 0.411 e. The molecule has 0 aromatic heterocycles. The number of aliphatic hydroxyl groups excluding tert-OH is 1. The van der Waals surface area contributed by atoms with Crippen LogP contribution in [0.3, 0.4) is 0 Å². The van der Waals surface area contributed by atoms with Crippen LogP contribution in [0.1, 0.15) is 10.4 Å². The fourth-order valence-electron chi connectivity index (χ4n) is 1.25. The molecule has 1 aromatic carbocycles. The van der Waals surface area contributed by atoms with Gasteiger partial charge in [-0.15, -0.1) is 0 Å². The molecule has 2 N–H and O–H groups in total. The molecule has 6 nitrogen and oxygen atoms in total. The standard InChI is InChI=1S/C12H16N2O4/c1-14(2)11(16)9-3-5-10(6-4-9)13-12(17)18-8-7-15/h3-6,15H,7-8H2,1-2H3,(H,13,17). The number of rotatable bonds is 4. The SMILES string of the molecule is CN(C)C(=O)c1ccc(NC(=O)OCCO)cc1. The Morgan fingerprint density at radius 1 is 1.28 bits per heavy atom. The first kappa shape index (κ1) is 14.0. The second-order valence-electron chi connectivity index (χ2n) is 3.76. The maximum absolute atomic E-state index is 11.6. The van der Waals surface area contributed by atoms with Gasteiger partial charge in [-0.25, -0.2) is 4.79 Å². The Kier molecular flexibility index (Phi) is 5.13. The number of aliphatic hydroxyl groups is 1. The van der Waals surface area contributed by atoms with E-state index in [0.29, 0.717) is 11.3 Å². The highest BCUT2D eigenvalue weighted by Gasteiger charge is 2.08. The van der Waals surface area contributed by atoms with Gasteiger partial charge in [0, 0.05) is 25.3 Å². The predicted molar refractivity (Wildman–Crippen MR) is 66.5 cm³/mol. The van der Waals surface area contributed by atoms with Crippen molar-refractivity contribution in [3.05, 3.63) is 29.8 Å². The molecule has 0 aliphatic rings. The molecule has 0 aliphatic carbocycles. The van der Waals surface area contributed by atoms with Crippen molar-refractivity contribution in [3.8, 4) is 0 Å². The van der Waals surface area contributed by atoms with Gasteiger partial charge in [-0.2, -0.15) is 0 Å². The highest BCUT2D eigenvalue weighted by atomic mass is 16.6. The van der Waals surface area contributed by atoms with Gasteiger partial charge in [-0.3, -0.25) is 10.1 Å². The number of ether oxygens (including phenoxy) is 1. The summed E-state index contributed by atoms with van der Waals surface area (Å²) in [5.74, 6) is -0.107. The van der Waals surface area contributed by atoms with Gasteiger partial charge in [-0.05, 0) is 24.3 Å². The first-order chi connectivity index (χ1) is 8.54. The lowest BCUT2D eigenvalue weighted by Gasteiger charge is -2.11. The van der Waals surface area contributed by atoms with E-state index < -0.39 is 6.09 Å². The van der Waals surface area contributed by atoms with E-state index in [9.17, 15) is 9.59 Å². The fraction of sp³-hybridized carbons (Fsp3) is 0.333. The average molecular weight is 252 g/mol. The molecule has 0 atom stereocenters. The minimum absolute atomic E-state index is 0.0525. The second kappa shape index (κ2) is 6.61. The molecule has 18 heavy (non-hydrogen) atoms. The summed E-state index contributed by atoms with van der Waals surface area (Å²) in [7, 11) is 3.33. The van der Waals surface area contributed by atoms with Crippen LogP contribution in [0.4, 0.5) is 10.5 Å². The molecule has 0 bridgehead atoms. The molecular weight excluding hydrogens is 236 g/mol. The minimum atomic E-state index is -0.643. The van der Waals surface area contributed by atoms with Crippen LogP contribution in [0.15, 0.2) is 24.3 Å². The summed E-state index contributed by atoms with van der Waals surface area (Å²) in [6, 6.07) is 6.45. The summed E-state index contributed by atoms with van der Waals surface area (Å²) in [5, 5.41) is 11.0. The van der Waals surface area contributed by atoms with Crippen molar-refractivity contribution in [2.24, 2.45) is 0 Å². The van der Waals surface area contributed by atoms with Crippen molar-refractivity contribution in [2.45, 2.75) is 0 Å². The Labute approximate surface area is 105 Å². The molecule has 0 heterocycles. The van der Waals surface area contributed by atoms with Crippen LogP contribution in [0.2, 0.25) is 0 Å². The van der Waals surface area contributed by atoms with Gasteiger partial charge in [-0.1, -0.05) is 0 Å². The number of anilines is 1. The summed E-state index contributed by atoms with van der Waals surface area (Å²) in [6.45, 7) is -0.271. The van der Waals surface area contributed by atoms with Gasteiger partial charge in [0.1, 0.15) is 6.61 Å². The van der Waals surface area contributed by atoms with Gasteiger partial charge in [0.05, 0.1) is 6.61 Å². The van der Waals surface area contributed by atoms with E-state index >= 15 is 0 Å². The van der Waals surface area contributed by atoms with E-state index in [1.165, 1.54) is 4.90 Å². The smallest absolute Gasteiger partial charge is 0.411 e. The Morgan fingerprint density at radius 3 is 2.39 bits per heavy atom. The van der Waals surface area contributed by atoms with Crippen molar-refractivity contribution in [2.75, 3.05) is 32.6 Å². The third-order valence-corrected chi connectivity index (χ3v) is 2.11. The Morgan fingerprint density at radius 2 is 1.89 bits per heavy atom. The molecule has 1 rings (SSSR count). The zero-order valence-corrected chi connectivity index (χ0v) is 10.3. The van der Waals surface area contributed by atoms with E-state index in [1.807, 2.05) is 0 Å². The van der Waals surface area contributed by atoms with Crippen molar-refractivity contribution in [3.63, 3.8) is 0 Å². The molecule has 0 spiro atoms. The van der Waals surface area contributed by atoms with Crippen LogP contribution < -0.4 is 5.32 Å². The van der Waals surface area contributed by atoms with Crippen molar-refractivity contribution in [1.82, 2.24) is 4.90 Å². The number of carbonyl (C=O) groups is 2. The number of benzene rings is 1. The number of nitrogens with zero attached hydrogens (tertiary/aromatic N) is 1. The topological polar surface area (TPSA) is 78.9 Å². The molecule has 2 amide bonds. The molecule has 0 fully saturated rings. The van der Waals surface area contributed by atoms with Crippen LogP contribution >= 0.6 is 0 Å². The normalized spacial score (nSPS) is 9.72. The molecule has 0 saturated carbocycles. The number of carbonyl (C=O) groups excluding carboxylic acids is 2. The third-order valence-electron chi connectivity index (χ3n) is 2.11. The third kappa shape index (κ3) is 4.06. The highest BCUT2D eigenvalue weighted by molar-refractivity contribution is 5.94. The molecule has 1 aromatic rings. The summed E-state index contributed by atoms with van der Waals surface area (Å²) in [6.07, 6.45) is -0.643. The quantitative estimate of drug-likeness (QED) is 0.835. The largest absolute Gasteiger partial charge is 0.447 e. The maximum atomic E-state index is 11.6. The zero-order valence-electron chi connectivity index (χ0n) is 10.3. The van der Waals surface area contributed by atoms with Crippen LogP contribution in [-0.2, 0) is 4.74 Å². The van der Waals surface area contributed by atoms with Crippen LogP contribution in [-0.4, -0.2) is 49.3 Å². The van der Waals surface area contributed by atoms with E-state index in [0.717, 1.165) is 0 Å². The van der Waals surface area contributed by atoms with Crippen molar-refractivity contribution >= 4 is 17.7 Å². The van der Waals surface area contributed by atoms with E-state index in [2.05, 4.69) is 10.1 Å². The Bertz CT molecular complexity index is 415. The second-order valence-corrected chi connectivity index (χ2v) is 3.76. The van der Waals surface area contributed by atoms with Crippen molar-refractivity contribution < 1.29 is 19.4 Å². The first-order valence-electron chi connectivity index (χ1n) is 5.41.